The molecule has 1 amide bonds. The largest absolute Gasteiger partial charge is 0.496 e. The summed E-state index contributed by atoms with van der Waals surface area (Å²) < 4.78 is 5.27. The lowest BCUT2D eigenvalue weighted by Gasteiger charge is -2.45. The number of nitrogens with zero attached hydrogens (tertiary/aromatic N) is 1. The molecule has 8 heteroatoms. The van der Waals surface area contributed by atoms with Crippen LogP contribution in [0.25, 0.3) is 0 Å². The summed E-state index contributed by atoms with van der Waals surface area (Å²) in [5, 5.41) is 3.43. The molecular weight excluding hydrogens is 397 g/mol. The van der Waals surface area contributed by atoms with E-state index in [1.54, 1.807) is 12.1 Å². The van der Waals surface area contributed by atoms with Crippen LogP contribution in [0.5, 0.6) is 5.75 Å². The number of hydrogen-bond donors (Lipinski definition) is 2. The second-order valence-electron chi connectivity index (χ2n) is 7.08. The maximum atomic E-state index is 12.7. The van der Waals surface area contributed by atoms with Crippen molar-refractivity contribution in [1.29, 1.82) is 0 Å². The maximum Gasteiger partial charge on any atom is 0.255 e. The smallest absolute Gasteiger partial charge is 0.255 e. The number of hydrogen-bond acceptors (Lipinski definition) is 4. The van der Waals surface area contributed by atoms with Crippen molar-refractivity contribution >= 4 is 48.0 Å². The zero-order chi connectivity index (χ0) is 17.9. The van der Waals surface area contributed by atoms with Crippen molar-refractivity contribution in [3.05, 3.63) is 22.7 Å². The number of methoxy groups -OCH3 is 1. The lowest BCUT2D eigenvalue weighted by molar-refractivity contribution is 0.0674. The summed E-state index contributed by atoms with van der Waals surface area (Å²) in [7, 11) is 5.69. The molecule has 0 spiro atoms. The van der Waals surface area contributed by atoms with Crippen molar-refractivity contribution in [3.63, 3.8) is 0 Å². The molecule has 1 fully saturated rings. The number of anilines is 1. The highest BCUT2D eigenvalue weighted by molar-refractivity contribution is 6.33. The highest BCUT2D eigenvalue weighted by Gasteiger charge is 2.37. The van der Waals surface area contributed by atoms with E-state index >= 15 is 0 Å². The number of ether oxygens (including phenoxy) is 1. The summed E-state index contributed by atoms with van der Waals surface area (Å²) in [6.07, 6.45) is 4.61. The molecular formula is C18H30Cl3N3O2. The number of benzene rings is 1. The SMILES string of the molecule is COc1cc(N)c(Cl)cc1C(=O)NCC1(N(C)C)CCCC(C)C1.Cl.Cl. The van der Waals surface area contributed by atoms with E-state index in [0.717, 1.165) is 12.8 Å². The average Bonchev–Trinajstić information content (AvgIpc) is 2.54. The summed E-state index contributed by atoms with van der Waals surface area (Å²) in [6, 6.07) is 3.15. The van der Waals surface area contributed by atoms with Crippen LogP contribution >= 0.6 is 36.4 Å². The van der Waals surface area contributed by atoms with Crippen molar-refractivity contribution in [2.24, 2.45) is 5.92 Å². The van der Waals surface area contributed by atoms with Gasteiger partial charge in [-0.05, 0) is 38.9 Å². The van der Waals surface area contributed by atoms with Gasteiger partial charge in [-0.15, -0.1) is 24.8 Å². The Hall–Kier alpha value is -0.880. The van der Waals surface area contributed by atoms with Crippen LogP contribution in [-0.2, 0) is 0 Å². The van der Waals surface area contributed by atoms with Gasteiger partial charge in [0.15, 0.2) is 0 Å². The molecule has 0 aliphatic heterocycles. The molecule has 2 atom stereocenters. The molecule has 0 aromatic heterocycles. The lowest BCUT2D eigenvalue weighted by Crippen LogP contribution is -2.55. The van der Waals surface area contributed by atoms with E-state index in [-0.39, 0.29) is 36.3 Å². The zero-order valence-corrected chi connectivity index (χ0v) is 18.2. The molecule has 1 aromatic carbocycles. The van der Waals surface area contributed by atoms with Gasteiger partial charge in [-0.1, -0.05) is 31.4 Å². The molecule has 0 saturated heterocycles. The summed E-state index contributed by atoms with van der Waals surface area (Å²) in [4.78, 5) is 14.9. The van der Waals surface area contributed by atoms with Gasteiger partial charge in [0, 0.05) is 18.2 Å². The molecule has 0 heterocycles. The number of amides is 1. The molecule has 26 heavy (non-hydrogen) atoms. The number of nitrogens with two attached hydrogens (primary N) is 1. The molecule has 0 radical (unpaired) electrons. The van der Waals surface area contributed by atoms with E-state index < -0.39 is 0 Å². The quantitative estimate of drug-likeness (QED) is 0.698. The third-order valence-corrected chi connectivity index (χ3v) is 5.48. The molecule has 3 N–H and O–H groups in total. The number of nitrogens with one attached hydrogen (secondary N) is 1. The van der Waals surface area contributed by atoms with Gasteiger partial charge in [0.2, 0.25) is 0 Å². The Morgan fingerprint density at radius 2 is 2.08 bits per heavy atom. The fraction of sp³-hybridized carbons (Fsp3) is 0.611. The summed E-state index contributed by atoms with van der Waals surface area (Å²) in [5.41, 5.74) is 6.59. The van der Waals surface area contributed by atoms with Crippen molar-refractivity contribution in [1.82, 2.24) is 10.2 Å². The standard InChI is InChI=1S/C18H28ClN3O2.2ClH/c1-12-6-5-7-18(10-12,22(2)3)11-21-17(23)13-8-14(19)15(20)9-16(13)24-4;;/h8-9,12H,5-7,10-11,20H2,1-4H3,(H,21,23);2*1H. The van der Waals surface area contributed by atoms with E-state index in [1.807, 2.05) is 0 Å². The molecule has 2 unspecified atom stereocenters. The molecule has 2 rings (SSSR count). The Morgan fingerprint density at radius 3 is 2.62 bits per heavy atom. The number of halogens is 3. The average molecular weight is 427 g/mol. The second-order valence-corrected chi connectivity index (χ2v) is 7.48. The normalized spacial score (nSPS) is 22.2. The molecule has 5 nitrogen and oxygen atoms in total. The van der Waals surface area contributed by atoms with Crippen LogP contribution in [0.4, 0.5) is 5.69 Å². The van der Waals surface area contributed by atoms with Crippen LogP contribution in [0.15, 0.2) is 12.1 Å². The summed E-state index contributed by atoms with van der Waals surface area (Å²) in [6.45, 7) is 2.89. The Kier molecular flexibility index (Phi) is 10.1. The van der Waals surface area contributed by atoms with E-state index in [9.17, 15) is 4.79 Å². The summed E-state index contributed by atoms with van der Waals surface area (Å²) >= 11 is 6.06. The van der Waals surface area contributed by atoms with Crippen LogP contribution in [-0.4, -0.2) is 44.1 Å². The Labute approximate surface area is 173 Å². The minimum Gasteiger partial charge on any atom is -0.496 e. The third kappa shape index (κ3) is 5.56. The molecule has 1 aliphatic rings. The van der Waals surface area contributed by atoms with Gasteiger partial charge in [-0.25, -0.2) is 0 Å². The van der Waals surface area contributed by atoms with E-state index in [4.69, 9.17) is 22.1 Å². The van der Waals surface area contributed by atoms with Gasteiger partial charge in [0.25, 0.3) is 5.91 Å². The number of carbonyl (C=O) groups excluding carboxylic acids is 1. The topological polar surface area (TPSA) is 67.6 Å². The van der Waals surface area contributed by atoms with Crippen molar-refractivity contribution in [2.75, 3.05) is 33.5 Å². The van der Waals surface area contributed by atoms with Gasteiger partial charge < -0.3 is 20.7 Å². The fourth-order valence-corrected chi connectivity index (χ4v) is 3.78. The van der Waals surface area contributed by atoms with Crippen LogP contribution in [0.3, 0.4) is 0 Å². The van der Waals surface area contributed by atoms with Crippen LogP contribution in [0, 0.1) is 5.92 Å². The van der Waals surface area contributed by atoms with E-state index in [0.29, 0.717) is 34.5 Å². The van der Waals surface area contributed by atoms with Crippen LogP contribution in [0.2, 0.25) is 5.02 Å². The van der Waals surface area contributed by atoms with Gasteiger partial charge in [0.1, 0.15) is 5.75 Å². The van der Waals surface area contributed by atoms with Gasteiger partial charge in [0.05, 0.1) is 23.4 Å². The second kappa shape index (κ2) is 10.5. The highest BCUT2D eigenvalue weighted by atomic mass is 35.5. The van der Waals surface area contributed by atoms with Crippen molar-refractivity contribution in [2.45, 2.75) is 38.1 Å². The first-order chi connectivity index (χ1) is 11.3. The van der Waals surface area contributed by atoms with Gasteiger partial charge in [-0.3, -0.25) is 4.79 Å². The van der Waals surface area contributed by atoms with Crippen LogP contribution < -0.4 is 15.8 Å². The minimum absolute atomic E-state index is 0. The third-order valence-electron chi connectivity index (χ3n) is 5.16. The van der Waals surface area contributed by atoms with Crippen molar-refractivity contribution < 1.29 is 9.53 Å². The first-order valence-corrected chi connectivity index (χ1v) is 8.75. The zero-order valence-electron chi connectivity index (χ0n) is 15.8. The van der Waals surface area contributed by atoms with Crippen LogP contribution in [0.1, 0.15) is 43.0 Å². The molecule has 0 bridgehead atoms. The number of likely N-dealkylation sites (N-methyl/N-ethyl adjacent to an activating group) is 1. The monoisotopic (exact) mass is 425 g/mol. The van der Waals surface area contributed by atoms with E-state index in [2.05, 4.69) is 31.2 Å². The molecule has 150 valence electrons. The molecule has 1 aromatic rings. The highest BCUT2D eigenvalue weighted by Crippen LogP contribution is 2.35. The predicted octanol–water partition coefficient (Wildman–Crippen LogP) is 4.01. The molecule has 1 saturated carbocycles. The summed E-state index contributed by atoms with van der Waals surface area (Å²) in [5.74, 6) is 0.914. The number of rotatable bonds is 5. The van der Waals surface area contributed by atoms with Gasteiger partial charge >= 0.3 is 0 Å². The Morgan fingerprint density at radius 1 is 1.42 bits per heavy atom. The van der Waals surface area contributed by atoms with Gasteiger partial charge in [-0.2, -0.15) is 0 Å². The maximum absolute atomic E-state index is 12.7. The minimum atomic E-state index is -0.187. The van der Waals surface area contributed by atoms with Crippen molar-refractivity contribution in [3.8, 4) is 5.75 Å². The number of carbonyl (C=O) groups is 1. The van der Waals surface area contributed by atoms with E-state index in [1.165, 1.54) is 20.0 Å². The fourth-order valence-electron chi connectivity index (χ4n) is 3.61. The number of nitrogen functional groups attached to an aromatic ring is 1. The Balaban J connectivity index is 0.00000312. The first-order valence-electron chi connectivity index (χ1n) is 8.37. The molecule has 1 aliphatic carbocycles. The Bertz CT molecular complexity index is 614. The first kappa shape index (κ1) is 25.1. The predicted molar refractivity (Wildman–Crippen MR) is 113 cm³/mol. The lowest BCUT2D eigenvalue weighted by atomic mass is 9.75.